The largest absolute Gasteiger partial charge is 0.304 e. The standard InChI is InChI=1S/C14H30O3S/c1-3-5-7-9-10-12-14-17-18(15)16-13-11-8-6-4-2/h3-14H2,1-2H3. The number of hydrogen-bond acceptors (Lipinski definition) is 3. The van der Waals surface area contributed by atoms with E-state index in [0.29, 0.717) is 13.2 Å². The third-order valence-electron chi connectivity index (χ3n) is 2.85. The fourth-order valence-electron chi connectivity index (χ4n) is 1.70. The van der Waals surface area contributed by atoms with E-state index >= 15 is 0 Å². The molecule has 0 aliphatic heterocycles. The zero-order valence-corrected chi connectivity index (χ0v) is 12.9. The van der Waals surface area contributed by atoms with Crippen LogP contribution in [0.1, 0.15) is 78.1 Å². The lowest BCUT2D eigenvalue weighted by Crippen LogP contribution is -2.04. The van der Waals surface area contributed by atoms with Crippen molar-refractivity contribution in [3.05, 3.63) is 0 Å². The Morgan fingerprint density at radius 3 is 1.56 bits per heavy atom. The van der Waals surface area contributed by atoms with Crippen LogP contribution in [0.3, 0.4) is 0 Å². The molecule has 1 unspecified atom stereocenters. The van der Waals surface area contributed by atoms with Crippen LogP contribution in [0.4, 0.5) is 0 Å². The Hall–Kier alpha value is 0.0700. The average Bonchev–Trinajstić information content (AvgIpc) is 2.37. The first-order valence-corrected chi connectivity index (χ1v) is 8.49. The van der Waals surface area contributed by atoms with E-state index in [0.717, 1.165) is 25.7 Å². The molecule has 0 N–H and O–H groups in total. The first kappa shape index (κ1) is 18.1. The molecule has 0 saturated carbocycles. The van der Waals surface area contributed by atoms with Crippen molar-refractivity contribution in [2.24, 2.45) is 0 Å². The fourth-order valence-corrected chi connectivity index (χ4v) is 2.28. The molecule has 0 aliphatic carbocycles. The predicted octanol–water partition coefficient (Wildman–Crippen LogP) is 4.54. The van der Waals surface area contributed by atoms with Crippen molar-refractivity contribution < 1.29 is 12.6 Å². The summed E-state index contributed by atoms with van der Waals surface area (Å²) in [7, 11) is 0. The van der Waals surface area contributed by atoms with E-state index in [4.69, 9.17) is 8.37 Å². The molecule has 0 bridgehead atoms. The van der Waals surface area contributed by atoms with E-state index in [2.05, 4.69) is 13.8 Å². The minimum atomic E-state index is -1.53. The van der Waals surface area contributed by atoms with Gasteiger partial charge < -0.3 is 0 Å². The summed E-state index contributed by atoms with van der Waals surface area (Å²) >= 11 is -1.53. The first-order valence-electron chi connectivity index (χ1n) is 7.49. The normalized spacial score (nSPS) is 12.8. The van der Waals surface area contributed by atoms with Crippen molar-refractivity contribution in [3.63, 3.8) is 0 Å². The van der Waals surface area contributed by atoms with Crippen LogP contribution in [0, 0.1) is 0 Å². The zero-order chi connectivity index (χ0) is 13.5. The lowest BCUT2D eigenvalue weighted by atomic mass is 10.1. The van der Waals surface area contributed by atoms with Gasteiger partial charge in [-0.2, -0.15) is 4.21 Å². The minimum absolute atomic E-state index is 0.545. The minimum Gasteiger partial charge on any atom is -0.268 e. The first-order chi connectivity index (χ1) is 8.81. The van der Waals surface area contributed by atoms with Crippen molar-refractivity contribution in [2.75, 3.05) is 13.2 Å². The van der Waals surface area contributed by atoms with Crippen LogP contribution in [-0.2, 0) is 19.7 Å². The second kappa shape index (κ2) is 15.1. The van der Waals surface area contributed by atoms with Gasteiger partial charge in [-0.25, -0.2) is 0 Å². The maximum Gasteiger partial charge on any atom is 0.304 e. The van der Waals surface area contributed by atoms with Gasteiger partial charge in [0.2, 0.25) is 0 Å². The lowest BCUT2D eigenvalue weighted by Gasteiger charge is -2.04. The Kier molecular flexibility index (Phi) is 15.2. The molecular formula is C14H30O3S. The quantitative estimate of drug-likeness (QED) is 0.438. The monoisotopic (exact) mass is 278 g/mol. The summed E-state index contributed by atoms with van der Waals surface area (Å²) in [5.41, 5.74) is 0. The Morgan fingerprint density at radius 2 is 1.06 bits per heavy atom. The van der Waals surface area contributed by atoms with Gasteiger partial charge in [-0.05, 0) is 12.8 Å². The summed E-state index contributed by atoms with van der Waals surface area (Å²) in [5, 5.41) is 0. The van der Waals surface area contributed by atoms with Crippen LogP contribution >= 0.6 is 0 Å². The Balaban J connectivity index is 3.12. The third kappa shape index (κ3) is 14.1. The van der Waals surface area contributed by atoms with Gasteiger partial charge >= 0.3 is 11.4 Å². The number of rotatable bonds is 14. The Labute approximate surface area is 116 Å². The van der Waals surface area contributed by atoms with Gasteiger partial charge in [-0.1, -0.05) is 65.2 Å². The second-order valence-corrected chi connectivity index (χ2v) is 5.56. The van der Waals surface area contributed by atoms with Crippen molar-refractivity contribution in [1.29, 1.82) is 0 Å². The van der Waals surface area contributed by atoms with E-state index in [-0.39, 0.29) is 0 Å². The van der Waals surface area contributed by atoms with Gasteiger partial charge in [-0.15, -0.1) is 0 Å². The summed E-state index contributed by atoms with van der Waals surface area (Å²) in [6.45, 7) is 5.48. The third-order valence-corrected chi connectivity index (χ3v) is 3.57. The molecule has 0 aromatic carbocycles. The molecule has 0 aromatic heterocycles. The number of unbranched alkanes of at least 4 members (excludes halogenated alkanes) is 8. The molecule has 0 saturated heterocycles. The molecule has 3 nitrogen and oxygen atoms in total. The molecule has 0 rings (SSSR count). The maximum atomic E-state index is 11.3. The summed E-state index contributed by atoms with van der Waals surface area (Å²) in [6, 6.07) is 0. The van der Waals surface area contributed by atoms with E-state index in [1.165, 1.54) is 38.5 Å². The van der Waals surface area contributed by atoms with Gasteiger partial charge in [0.15, 0.2) is 0 Å². The number of hydrogen-bond donors (Lipinski definition) is 0. The molecule has 0 aromatic rings. The highest BCUT2D eigenvalue weighted by molar-refractivity contribution is 7.75. The molecule has 0 heterocycles. The van der Waals surface area contributed by atoms with Crippen molar-refractivity contribution in [1.82, 2.24) is 0 Å². The smallest absolute Gasteiger partial charge is 0.268 e. The topological polar surface area (TPSA) is 35.5 Å². The summed E-state index contributed by atoms with van der Waals surface area (Å²) in [6.07, 6.45) is 11.8. The molecule has 4 heteroatoms. The van der Waals surface area contributed by atoms with Crippen LogP contribution in [0.2, 0.25) is 0 Å². The second-order valence-electron chi connectivity index (χ2n) is 4.68. The molecule has 0 spiro atoms. The summed E-state index contributed by atoms with van der Waals surface area (Å²) in [4.78, 5) is 0. The highest BCUT2D eigenvalue weighted by Gasteiger charge is 2.00. The fraction of sp³-hybridized carbons (Fsp3) is 1.00. The van der Waals surface area contributed by atoms with Gasteiger partial charge in [0.25, 0.3) is 0 Å². The highest BCUT2D eigenvalue weighted by atomic mass is 32.2. The van der Waals surface area contributed by atoms with Gasteiger partial charge in [0.05, 0.1) is 13.2 Å². The van der Waals surface area contributed by atoms with Crippen LogP contribution in [0.15, 0.2) is 0 Å². The maximum absolute atomic E-state index is 11.3. The van der Waals surface area contributed by atoms with E-state index < -0.39 is 11.4 Å². The molecule has 1 atom stereocenters. The molecule has 0 radical (unpaired) electrons. The van der Waals surface area contributed by atoms with Crippen LogP contribution in [0.25, 0.3) is 0 Å². The Morgan fingerprint density at radius 1 is 0.667 bits per heavy atom. The van der Waals surface area contributed by atoms with Crippen molar-refractivity contribution in [2.45, 2.75) is 78.1 Å². The molecule has 18 heavy (non-hydrogen) atoms. The van der Waals surface area contributed by atoms with Gasteiger partial charge in [-0.3, -0.25) is 8.37 Å². The van der Waals surface area contributed by atoms with Crippen molar-refractivity contribution in [3.8, 4) is 0 Å². The molecule has 0 amide bonds. The Bertz CT molecular complexity index is 186. The van der Waals surface area contributed by atoms with Gasteiger partial charge in [0, 0.05) is 0 Å². The molecule has 110 valence electrons. The molecule has 0 fully saturated rings. The SMILES string of the molecule is CCCCCCCCOS(=O)OCCCCCC. The zero-order valence-electron chi connectivity index (χ0n) is 12.1. The predicted molar refractivity (Wildman–Crippen MR) is 77.6 cm³/mol. The van der Waals surface area contributed by atoms with E-state index in [1.807, 2.05) is 0 Å². The van der Waals surface area contributed by atoms with E-state index in [9.17, 15) is 4.21 Å². The van der Waals surface area contributed by atoms with Gasteiger partial charge in [0.1, 0.15) is 0 Å². The molecular weight excluding hydrogens is 248 g/mol. The average molecular weight is 278 g/mol. The van der Waals surface area contributed by atoms with Crippen LogP contribution in [0.5, 0.6) is 0 Å². The summed E-state index contributed by atoms with van der Waals surface area (Å²) in [5.74, 6) is 0. The molecule has 0 aliphatic rings. The highest BCUT2D eigenvalue weighted by Crippen LogP contribution is 2.06. The summed E-state index contributed by atoms with van der Waals surface area (Å²) < 4.78 is 21.5. The van der Waals surface area contributed by atoms with Crippen molar-refractivity contribution >= 4 is 11.4 Å². The lowest BCUT2D eigenvalue weighted by molar-refractivity contribution is 0.241. The van der Waals surface area contributed by atoms with Crippen LogP contribution < -0.4 is 0 Å². The van der Waals surface area contributed by atoms with Crippen LogP contribution in [-0.4, -0.2) is 17.4 Å². The van der Waals surface area contributed by atoms with E-state index in [1.54, 1.807) is 0 Å².